The summed E-state index contributed by atoms with van der Waals surface area (Å²) >= 11 is 0. The molecule has 1 heterocycles. The van der Waals surface area contributed by atoms with Crippen molar-refractivity contribution >= 4 is 5.78 Å². The van der Waals surface area contributed by atoms with Gasteiger partial charge in [-0.2, -0.15) is 0 Å². The Kier molecular flexibility index (Phi) is 4.84. The maximum atomic E-state index is 12.4. The van der Waals surface area contributed by atoms with Crippen molar-refractivity contribution in [1.29, 1.82) is 0 Å². The fraction of sp³-hybridized carbons (Fsp3) is 0.571. The van der Waals surface area contributed by atoms with Gasteiger partial charge in [0.25, 0.3) is 0 Å². The van der Waals surface area contributed by atoms with Crippen LogP contribution in [-0.2, 0) is 4.74 Å². The van der Waals surface area contributed by atoms with E-state index in [0.29, 0.717) is 17.9 Å². The summed E-state index contributed by atoms with van der Waals surface area (Å²) in [5, 5.41) is 0. The van der Waals surface area contributed by atoms with Gasteiger partial charge in [-0.1, -0.05) is 20.8 Å². The Labute approximate surface area is 108 Å². The smallest absolute Gasteiger partial charge is 0.193 e. The molecule has 0 N–H and O–H groups in total. The van der Waals surface area contributed by atoms with Gasteiger partial charge in [-0.15, -0.1) is 0 Å². The van der Waals surface area contributed by atoms with E-state index in [2.05, 4.69) is 4.98 Å². The van der Waals surface area contributed by atoms with Gasteiger partial charge in [0.15, 0.2) is 5.78 Å². The first-order chi connectivity index (χ1) is 8.40. The topological polar surface area (TPSA) is 48.4 Å². The highest BCUT2D eigenvalue weighted by atomic mass is 16.5. The average Bonchev–Trinajstić information content (AvgIpc) is 2.28. The molecular weight excluding hydrogens is 230 g/mol. The Morgan fingerprint density at radius 3 is 2.56 bits per heavy atom. The monoisotopic (exact) mass is 251 g/mol. The number of pyridine rings is 1. The molecule has 0 fully saturated rings. The molecule has 1 aromatic heterocycles. The van der Waals surface area contributed by atoms with Crippen LogP contribution >= 0.6 is 0 Å². The van der Waals surface area contributed by atoms with Crippen LogP contribution in [0, 0.1) is 5.41 Å². The zero-order chi connectivity index (χ0) is 13.8. The second kappa shape index (κ2) is 5.96. The normalized spacial score (nSPS) is 13.2. The highest BCUT2D eigenvalue weighted by Crippen LogP contribution is 2.25. The molecule has 0 aliphatic rings. The fourth-order valence-corrected chi connectivity index (χ4v) is 1.80. The molecule has 0 aromatic carbocycles. The van der Waals surface area contributed by atoms with Crippen molar-refractivity contribution in [1.82, 2.24) is 4.98 Å². The quantitative estimate of drug-likeness (QED) is 0.755. The highest BCUT2D eigenvalue weighted by Gasteiger charge is 2.32. The summed E-state index contributed by atoms with van der Waals surface area (Å²) in [7, 11) is 1.55. The van der Waals surface area contributed by atoms with E-state index in [-0.39, 0.29) is 11.2 Å². The van der Waals surface area contributed by atoms with Crippen LogP contribution in [0.4, 0.5) is 0 Å². The lowest BCUT2D eigenvalue weighted by atomic mass is 9.84. The van der Waals surface area contributed by atoms with E-state index in [1.807, 2.05) is 27.7 Å². The van der Waals surface area contributed by atoms with Gasteiger partial charge >= 0.3 is 0 Å². The number of ketones is 1. The molecule has 0 bridgehead atoms. The van der Waals surface area contributed by atoms with E-state index < -0.39 is 6.10 Å². The molecule has 1 rings (SSSR count). The summed E-state index contributed by atoms with van der Waals surface area (Å²) in [4.78, 5) is 16.4. The average molecular weight is 251 g/mol. The number of carbonyl (C=O) groups excluding carboxylic acids is 1. The molecule has 0 radical (unpaired) electrons. The standard InChI is InChI=1S/C14H21NO3/c1-6-18-11-7-10(8-15-9-11)12(16)13(17-5)14(2,3)4/h7-9,13H,6H2,1-5H3. The van der Waals surface area contributed by atoms with Crippen LogP contribution in [0.3, 0.4) is 0 Å². The van der Waals surface area contributed by atoms with E-state index in [1.165, 1.54) is 0 Å². The third kappa shape index (κ3) is 3.53. The number of nitrogens with zero attached hydrogens (tertiary/aromatic N) is 1. The van der Waals surface area contributed by atoms with Gasteiger partial charge in [-0.05, 0) is 18.4 Å². The molecule has 4 nitrogen and oxygen atoms in total. The van der Waals surface area contributed by atoms with Crippen molar-refractivity contribution < 1.29 is 14.3 Å². The number of Topliss-reactive ketones (excluding diaryl/α,β-unsaturated/α-hetero) is 1. The number of methoxy groups -OCH3 is 1. The summed E-state index contributed by atoms with van der Waals surface area (Å²) in [6.45, 7) is 8.35. The van der Waals surface area contributed by atoms with Crippen LogP contribution in [0.5, 0.6) is 5.75 Å². The molecule has 1 aromatic rings. The van der Waals surface area contributed by atoms with Crippen molar-refractivity contribution in [3.8, 4) is 5.75 Å². The third-order valence-corrected chi connectivity index (χ3v) is 2.57. The van der Waals surface area contributed by atoms with Gasteiger partial charge < -0.3 is 9.47 Å². The molecule has 4 heteroatoms. The lowest BCUT2D eigenvalue weighted by Crippen LogP contribution is -2.36. The Balaban J connectivity index is 2.98. The molecule has 1 unspecified atom stereocenters. The number of hydrogen-bond acceptors (Lipinski definition) is 4. The minimum Gasteiger partial charge on any atom is -0.492 e. The van der Waals surface area contributed by atoms with Crippen LogP contribution in [-0.4, -0.2) is 30.6 Å². The van der Waals surface area contributed by atoms with E-state index in [0.717, 1.165) is 0 Å². The van der Waals surface area contributed by atoms with Crippen molar-refractivity contribution in [2.45, 2.75) is 33.8 Å². The SMILES string of the molecule is CCOc1cncc(C(=O)C(OC)C(C)(C)C)c1. The zero-order valence-corrected chi connectivity index (χ0v) is 11.7. The molecule has 18 heavy (non-hydrogen) atoms. The van der Waals surface area contributed by atoms with Gasteiger partial charge in [0.05, 0.1) is 12.8 Å². The summed E-state index contributed by atoms with van der Waals surface area (Å²) in [6, 6.07) is 1.70. The van der Waals surface area contributed by atoms with Gasteiger partial charge in [0, 0.05) is 18.9 Å². The highest BCUT2D eigenvalue weighted by molar-refractivity contribution is 6.00. The molecule has 100 valence electrons. The third-order valence-electron chi connectivity index (χ3n) is 2.57. The molecule has 0 saturated carbocycles. The summed E-state index contributed by atoms with van der Waals surface area (Å²) in [6.07, 6.45) is 2.65. The van der Waals surface area contributed by atoms with Gasteiger partial charge in [-0.3, -0.25) is 9.78 Å². The first kappa shape index (κ1) is 14.6. The first-order valence-corrected chi connectivity index (χ1v) is 6.05. The second-order valence-corrected chi connectivity index (χ2v) is 5.19. The van der Waals surface area contributed by atoms with E-state index >= 15 is 0 Å². The summed E-state index contributed by atoms with van der Waals surface area (Å²) in [5.41, 5.74) is 0.260. The van der Waals surface area contributed by atoms with Crippen molar-refractivity contribution in [2.75, 3.05) is 13.7 Å². The lowest BCUT2D eigenvalue weighted by molar-refractivity contribution is 0.0195. The largest absolute Gasteiger partial charge is 0.492 e. The van der Waals surface area contributed by atoms with Crippen LogP contribution in [0.25, 0.3) is 0 Å². The van der Waals surface area contributed by atoms with Gasteiger partial charge in [0.1, 0.15) is 11.9 Å². The number of carbonyl (C=O) groups is 1. The van der Waals surface area contributed by atoms with Crippen molar-refractivity contribution in [3.05, 3.63) is 24.0 Å². The van der Waals surface area contributed by atoms with E-state index in [4.69, 9.17) is 9.47 Å². The van der Waals surface area contributed by atoms with Gasteiger partial charge in [0.2, 0.25) is 0 Å². The summed E-state index contributed by atoms with van der Waals surface area (Å²) in [5.74, 6) is 0.533. The fourth-order valence-electron chi connectivity index (χ4n) is 1.80. The molecule has 0 aliphatic heterocycles. The lowest BCUT2D eigenvalue weighted by Gasteiger charge is -2.28. The number of hydrogen-bond donors (Lipinski definition) is 0. The summed E-state index contributed by atoms with van der Waals surface area (Å²) < 4.78 is 10.7. The molecule has 0 saturated heterocycles. The molecule has 0 spiro atoms. The Morgan fingerprint density at radius 1 is 1.39 bits per heavy atom. The molecular formula is C14H21NO3. The Morgan fingerprint density at radius 2 is 2.06 bits per heavy atom. The van der Waals surface area contributed by atoms with Crippen molar-refractivity contribution in [2.24, 2.45) is 5.41 Å². The zero-order valence-electron chi connectivity index (χ0n) is 11.7. The van der Waals surface area contributed by atoms with Crippen LogP contribution in [0.15, 0.2) is 18.5 Å². The van der Waals surface area contributed by atoms with Crippen LogP contribution < -0.4 is 4.74 Å². The maximum absolute atomic E-state index is 12.4. The molecule has 1 atom stereocenters. The van der Waals surface area contributed by atoms with Crippen LogP contribution in [0.2, 0.25) is 0 Å². The Bertz CT molecular complexity index is 410. The predicted octanol–water partition coefficient (Wildman–Crippen LogP) is 2.72. The number of aromatic nitrogens is 1. The second-order valence-electron chi connectivity index (χ2n) is 5.19. The first-order valence-electron chi connectivity index (χ1n) is 6.05. The van der Waals surface area contributed by atoms with Crippen molar-refractivity contribution in [3.63, 3.8) is 0 Å². The maximum Gasteiger partial charge on any atom is 0.193 e. The van der Waals surface area contributed by atoms with E-state index in [9.17, 15) is 4.79 Å². The van der Waals surface area contributed by atoms with Crippen LogP contribution in [0.1, 0.15) is 38.1 Å². The molecule has 0 aliphatic carbocycles. The number of ether oxygens (including phenoxy) is 2. The molecule has 0 amide bonds. The van der Waals surface area contributed by atoms with E-state index in [1.54, 1.807) is 25.6 Å². The number of rotatable bonds is 5. The minimum absolute atomic E-state index is 0.0703. The predicted molar refractivity (Wildman–Crippen MR) is 70.0 cm³/mol. The Hall–Kier alpha value is -1.42. The minimum atomic E-state index is -0.490. The van der Waals surface area contributed by atoms with Gasteiger partial charge in [-0.25, -0.2) is 0 Å².